The molecule has 0 unspecified atom stereocenters. The summed E-state index contributed by atoms with van der Waals surface area (Å²) in [4.78, 5) is 29.7. The van der Waals surface area contributed by atoms with E-state index in [0.29, 0.717) is 22.7 Å². The molecule has 0 radical (unpaired) electrons. The normalized spacial score (nSPS) is 22.7. The summed E-state index contributed by atoms with van der Waals surface area (Å²) in [5.41, 5.74) is 1.97. The molecule has 2 aromatic rings. The molecule has 1 N–H and O–H groups in total. The van der Waals surface area contributed by atoms with Crippen LogP contribution in [0.1, 0.15) is 18.9 Å². The number of carbonyl (C=O) groups excluding carboxylic acids is 2. The molecule has 1 aromatic heterocycles. The van der Waals surface area contributed by atoms with Crippen molar-refractivity contribution < 1.29 is 71.2 Å². The minimum absolute atomic E-state index is 0. The number of rotatable bonds is 4. The molecule has 9 heteroatoms. The van der Waals surface area contributed by atoms with E-state index in [1.54, 1.807) is 17.7 Å². The van der Waals surface area contributed by atoms with Crippen LogP contribution < -0.4 is 56.5 Å². The van der Waals surface area contributed by atoms with Gasteiger partial charge in [-0.1, -0.05) is 18.7 Å². The number of nitrogens with zero attached hydrogens (tertiary/aromatic N) is 3. The Bertz CT molecular complexity index is 986. The number of carboxylic acid groups (broad SMARTS) is 1. The third kappa shape index (κ3) is 3.15. The number of carbonyl (C=O) groups is 2. The molecule has 0 saturated carbocycles. The summed E-state index contributed by atoms with van der Waals surface area (Å²) in [6.45, 7) is 5.43. The van der Waals surface area contributed by atoms with Crippen molar-refractivity contribution in [1.29, 1.82) is 0 Å². The Hall–Kier alpha value is -0.944. The van der Waals surface area contributed by atoms with E-state index in [9.17, 15) is 19.8 Å². The van der Waals surface area contributed by atoms with Gasteiger partial charge in [-0.2, -0.15) is 0 Å². The maximum atomic E-state index is 12.7. The standard InChI is InChI=1S/C18H17N3O4S.K/c1-3-20-11-7-5-4-6-10(11)19-15(20)14(22)12-16(23)21-13(18(24)25)9(2)8-26-17(12)21;/h3-7,12,14,17,22H,1,8H2,2H3,(H,24,25);/q;+1/p-1/t12-,14+,17-;/m1./s1. The van der Waals surface area contributed by atoms with Gasteiger partial charge in [0.25, 0.3) is 0 Å². The molecule has 4 rings (SSSR count). The quantitative estimate of drug-likeness (QED) is 0.452. The van der Waals surface area contributed by atoms with Crippen molar-refractivity contribution in [3.8, 4) is 0 Å². The van der Waals surface area contributed by atoms with Gasteiger partial charge in [0.1, 0.15) is 17.8 Å². The Morgan fingerprint density at radius 1 is 1.48 bits per heavy atom. The van der Waals surface area contributed by atoms with E-state index in [2.05, 4.69) is 11.6 Å². The second-order valence-electron chi connectivity index (χ2n) is 6.31. The smallest absolute Gasteiger partial charge is 0.543 e. The van der Waals surface area contributed by atoms with Gasteiger partial charge < -0.3 is 19.6 Å². The summed E-state index contributed by atoms with van der Waals surface area (Å²) >= 11 is 1.43. The van der Waals surface area contributed by atoms with Crippen LogP contribution in [0.25, 0.3) is 17.2 Å². The number of aliphatic hydroxyl groups excluding tert-OH is 1. The number of aromatic nitrogens is 2. The fourth-order valence-electron chi connectivity index (χ4n) is 3.57. The van der Waals surface area contributed by atoms with E-state index in [1.807, 2.05) is 24.3 Å². The van der Waals surface area contributed by atoms with Crippen LogP contribution in [0.15, 0.2) is 42.1 Å². The monoisotopic (exact) mass is 409 g/mol. The van der Waals surface area contributed by atoms with E-state index < -0.39 is 29.3 Å². The fraction of sp³-hybridized carbons (Fsp3) is 0.278. The molecule has 134 valence electrons. The molecule has 3 atom stereocenters. The minimum atomic E-state index is -1.37. The summed E-state index contributed by atoms with van der Waals surface area (Å²) < 4.78 is 1.66. The fourth-order valence-corrected chi connectivity index (χ4v) is 4.96. The first-order valence-corrected chi connectivity index (χ1v) is 9.13. The number of imidazole rings is 1. The first-order valence-electron chi connectivity index (χ1n) is 8.09. The van der Waals surface area contributed by atoms with Crippen LogP contribution in [0.5, 0.6) is 0 Å². The van der Waals surface area contributed by atoms with Gasteiger partial charge in [-0.15, -0.1) is 11.8 Å². The van der Waals surface area contributed by atoms with E-state index >= 15 is 0 Å². The first kappa shape index (κ1) is 20.8. The average Bonchev–Trinajstić information content (AvgIpc) is 3.00. The number of hydrogen-bond donors (Lipinski definition) is 1. The number of carboxylic acids is 1. The summed E-state index contributed by atoms with van der Waals surface area (Å²) in [6.07, 6.45) is 0.377. The van der Waals surface area contributed by atoms with Crippen LogP contribution in [0.3, 0.4) is 0 Å². The summed E-state index contributed by atoms with van der Waals surface area (Å²) in [5, 5.41) is 21.8. The molecule has 0 spiro atoms. The van der Waals surface area contributed by atoms with Gasteiger partial charge in [-0.3, -0.25) is 9.69 Å². The van der Waals surface area contributed by atoms with E-state index in [0.717, 1.165) is 5.52 Å². The van der Waals surface area contributed by atoms with Gasteiger partial charge in [-0.25, -0.2) is 4.98 Å². The number of aliphatic carboxylic acids is 1. The maximum Gasteiger partial charge on any atom is 1.00 e. The zero-order chi connectivity index (χ0) is 18.6. The third-order valence-electron chi connectivity index (χ3n) is 4.80. The number of hydrogen-bond acceptors (Lipinski definition) is 6. The van der Waals surface area contributed by atoms with Crippen LogP contribution in [-0.2, 0) is 9.59 Å². The molecule has 1 aromatic carbocycles. The number of aliphatic hydroxyl groups is 1. The molecule has 7 nitrogen and oxygen atoms in total. The zero-order valence-electron chi connectivity index (χ0n) is 15.0. The van der Waals surface area contributed by atoms with Crippen molar-refractivity contribution in [2.75, 3.05) is 5.75 Å². The summed E-state index contributed by atoms with van der Waals surface area (Å²) in [5.74, 6) is -1.78. The van der Waals surface area contributed by atoms with Crippen LogP contribution in [-0.4, -0.2) is 42.6 Å². The Morgan fingerprint density at radius 3 is 2.85 bits per heavy atom. The second kappa shape index (κ2) is 7.82. The topological polar surface area (TPSA) is 98.5 Å². The number of fused-ring (bicyclic) bond motifs is 2. The van der Waals surface area contributed by atoms with Gasteiger partial charge >= 0.3 is 51.4 Å². The zero-order valence-corrected chi connectivity index (χ0v) is 18.9. The molecule has 1 fully saturated rings. The van der Waals surface area contributed by atoms with Crippen molar-refractivity contribution in [2.24, 2.45) is 5.92 Å². The molecule has 27 heavy (non-hydrogen) atoms. The predicted molar refractivity (Wildman–Crippen MR) is 95.4 cm³/mol. The Balaban J connectivity index is 0.00000210. The molecule has 3 heterocycles. The Labute approximate surface area is 202 Å². The summed E-state index contributed by atoms with van der Waals surface area (Å²) in [7, 11) is 0. The largest absolute Gasteiger partial charge is 1.00 e. The third-order valence-corrected chi connectivity index (χ3v) is 6.25. The molecular formula is C18H16KN3O4S. The average molecular weight is 410 g/mol. The van der Waals surface area contributed by atoms with Crippen LogP contribution in [0.2, 0.25) is 0 Å². The molecule has 1 saturated heterocycles. The maximum absolute atomic E-state index is 12.7. The van der Waals surface area contributed by atoms with Gasteiger partial charge in [0, 0.05) is 12.0 Å². The van der Waals surface area contributed by atoms with Gasteiger partial charge in [-0.05, 0) is 24.6 Å². The summed E-state index contributed by atoms with van der Waals surface area (Å²) in [6, 6.07) is 7.36. The van der Waals surface area contributed by atoms with Crippen molar-refractivity contribution in [2.45, 2.75) is 18.4 Å². The van der Waals surface area contributed by atoms with E-state index in [1.165, 1.54) is 16.7 Å². The van der Waals surface area contributed by atoms with E-state index in [4.69, 9.17) is 0 Å². The number of β-lactam (4-membered cyclic amide) rings is 1. The van der Waals surface area contributed by atoms with Crippen LogP contribution >= 0.6 is 11.8 Å². The van der Waals surface area contributed by atoms with Crippen molar-refractivity contribution in [3.05, 3.63) is 47.9 Å². The molecule has 0 bridgehead atoms. The van der Waals surface area contributed by atoms with E-state index in [-0.39, 0.29) is 57.1 Å². The Morgan fingerprint density at radius 2 is 2.19 bits per heavy atom. The molecule has 2 aliphatic rings. The van der Waals surface area contributed by atoms with Gasteiger partial charge in [0.15, 0.2) is 0 Å². The predicted octanol–water partition coefficient (Wildman–Crippen LogP) is -2.27. The number of para-hydroxylation sites is 2. The number of thioether (sulfide) groups is 1. The first-order chi connectivity index (χ1) is 12.5. The molecule has 1 amide bonds. The van der Waals surface area contributed by atoms with Gasteiger partial charge in [0.05, 0.1) is 28.1 Å². The van der Waals surface area contributed by atoms with Gasteiger partial charge in [0.2, 0.25) is 5.91 Å². The van der Waals surface area contributed by atoms with Crippen LogP contribution in [0.4, 0.5) is 0 Å². The number of amides is 1. The Kier molecular flexibility index (Phi) is 6.02. The van der Waals surface area contributed by atoms with Crippen LogP contribution in [0, 0.1) is 5.92 Å². The minimum Gasteiger partial charge on any atom is -0.543 e. The molecular weight excluding hydrogens is 393 g/mol. The van der Waals surface area contributed by atoms with Crippen molar-refractivity contribution >= 4 is 40.9 Å². The van der Waals surface area contributed by atoms with Crippen molar-refractivity contribution in [1.82, 2.24) is 14.5 Å². The number of benzene rings is 1. The molecule has 0 aliphatic carbocycles. The van der Waals surface area contributed by atoms with Crippen molar-refractivity contribution in [3.63, 3.8) is 0 Å². The second-order valence-corrected chi connectivity index (χ2v) is 7.41. The molecule has 2 aliphatic heterocycles. The SMILES string of the molecule is C=Cn1c([C@@H](O)[C@@H]2C(=O)N3C(C(=O)[O-])=C(C)CS[C@H]23)nc2ccccc21.[K+].